The topological polar surface area (TPSA) is 29.5 Å². The van der Waals surface area contributed by atoms with Gasteiger partial charge in [0.05, 0.1) is 11.1 Å². The zero-order valence-electron chi connectivity index (χ0n) is 11.4. The molecule has 0 heterocycles. The molecule has 112 valence electrons. The first-order chi connectivity index (χ1) is 9.98. The molecule has 0 saturated carbocycles. The average Bonchev–Trinajstić information content (AvgIpc) is 2.49. The normalized spacial score (nSPS) is 14.0. The maximum atomic E-state index is 14.1. The number of halogens is 3. The molecule has 2 aromatic rings. The molecule has 0 spiro atoms. The van der Waals surface area contributed by atoms with E-state index in [9.17, 15) is 13.9 Å². The minimum absolute atomic E-state index is 0.0671. The summed E-state index contributed by atoms with van der Waals surface area (Å²) in [6.07, 6.45) is -0.220. The monoisotopic (exact) mass is 356 g/mol. The van der Waals surface area contributed by atoms with Crippen LogP contribution in [0.2, 0.25) is 0 Å². The van der Waals surface area contributed by atoms with Crippen LogP contribution in [-0.2, 0) is 16.8 Å². The van der Waals surface area contributed by atoms with Gasteiger partial charge in [-0.05, 0) is 33.6 Å². The molecule has 0 aliphatic rings. The number of hydrogen-bond acceptors (Lipinski definition) is 2. The fraction of sp³-hybridized carbons (Fsp3) is 0.250. The zero-order chi connectivity index (χ0) is 15.5. The van der Waals surface area contributed by atoms with Gasteiger partial charge >= 0.3 is 0 Å². The van der Waals surface area contributed by atoms with E-state index in [-0.39, 0.29) is 23.1 Å². The van der Waals surface area contributed by atoms with E-state index in [1.807, 2.05) is 0 Å². The van der Waals surface area contributed by atoms with Gasteiger partial charge in [0.2, 0.25) is 0 Å². The summed E-state index contributed by atoms with van der Waals surface area (Å²) in [5.41, 5.74) is -1.13. The van der Waals surface area contributed by atoms with Crippen LogP contribution in [-0.4, -0.2) is 18.8 Å². The lowest BCUT2D eigenvalue weighted by atomic mass is 9.87. The molecule has 0 fully saturated rings. The number of rotatable bonds is 5. The van der Waals surface area contributed by atoms with E-state index >= 15 is 0 Å². The molecule has 5 heteroatoms. The molecule has 2 nitrogen and oxygen atoms in total. The summed E-state index contributed by atoms with van der Waals surface area (Å²) in [5, 5.41) is 10.8. The quantitative estimate of drug-likeness (QED) is 0.825. The number of benzene rings is 2. The fourth-order valence-electron chi connectivity index (χ4n) is 2.25. The lowest BCUT2D eigenvalue weighted by Crippen LogP contribution is -2.34. The molecule has 0 aromatic heterocycles. The Balaban J connectivity index is 2.44. The summed E-state index contributed by atoms with van der Waals surface area (Å²) in [4.78, 5) is 0. The molecular formula is C16H15BrF2O2. The molecule has 1 N–H and O–H groups in total. The Morgan fingerprint density at radius 3 is 2.43 bits per heavy atom. The second kappa shape index (κ2) is 6.64. The van der Waals surface area contributed by atoms with Crippen LogP contribution in [0.5, 0.6) is 0 Å². The molecule has 1 atom stereocenters. The lowest BCUT2D eigenvalue weighted by molar-refractivity contribution is -0.0366. The summed E-state index contributed by atoms with van der Waals surface area (Å²) in [5.74, 6) is -1.40. The standard InChI is InChI=1S/C16H15BrF2O2/c1-21-10-16(20,11-5-3-2-4-6-11)9-12-14(18)8-7-13(17)15(12)19/h2-8,20H,9-10H2,1H3. The van der Waals surface area contributed by atoms with Crippen molar-refractivity contribution in [3.63, 3.8) is 0 Å². The third-order valence-corrected chi connectivity index (χ3v) is 3.91. The predicted molar refractivity (Wildman–Crippen MR) is 80.0 cm³/mol. The Morgan fingerprint density at radius 1 is 1.14 bits per heavy atom. The molecule has 0 aliphatic carbocycles. The second-order valence-corrected chi connectivity index (χ2v) is 5.68. The Hall–Kier alpha value is -1.30. The fourth-order valence-corrected chi connectivity index (χ4v) is 2.62. The highest BCUT2D eigenvalue weighted by Gasteiger charge is 2.32. The van der Waals surface area contributed by atoms with Gasteiger partial charge in [0.25, 0.3) is 0 Å². The van der Waals surface area contributed by atoms with Crippen LogP contribution < -0.4 is 0 Å². The maximum absolute atomic E-state index is 14.1. The first-order valence-corrected chi connectivity index (χ1v) is 7.16. The van der Waals surface area contributed by atoms with Gasteiger partial charge in [-0.3, -0.25) is 0 Å². The molecular weight excluding hydrogens is 342 g/mol. The van der Waals surface area contributed by atoms with Gasteiger partial charge in [0.1, 0.15) is 17.2 Å². The first kappa shape index (κ1) is 16.1. The van der Waals surface area contributed by atoms with Gasteiger partial charge in [-0.2, -0.15) is 0 Å². The number of hydrogen-bond donors (Lipinski definition) is 1. The molecule has 2 rings (SSSR count). The van der Waals surface area contributed by atoms with Gasteiger partial charge in [-0.1, -0.05) is 30.3 Å². The van der Waals surface area contributed by atoms with Crippen LogP contribution in [0.4, 0.5) is 8.78 Å². The SMILES string of the molecule is COCC(O)(Cc1c(F)ccc(Br)c1F)c1ccccc1. The Labute approximate surface area is 130 Å². The minimum atomic E-state index is -1.50. The van der Waals surface area contributed by atoms with Gasteiger partial charge < -0.3 is 9.84 Å². The van der Waals surface area contributed by atoms with E-state index in [4.69, 9.17) is 4.74 Å². The largest absolute Gasteiger partial charge is 0.382 e. The predicted octanol–water partition coefficient (Wildman–Crippen LogP) is 3.80. The van der Waals surface area contributed by atoms with Gasteiger partial charge in [-0.25, -0.2) is 8.78 Å². The van der Waals surface area contributed by atoms with Crippen LogP contribution >= 0.6 is 15.9 Å². The van der Waals surface area contributed by atoms with E-state index in [2.05, 4.69) is 15.9 Å². The van der Waals surface area contributed by atoms with Crippen LogP contribution in [0.15, 0.2) is 46.9 Å². The van der Waals surface area contributed by atoms with Gasteiger partial charge in [-0.15, -0.1) is 0 Å². The number of aliphatic hydroxyl groups is 1. The summed E-state index contributed by atoms with van der Waals surface area (Å²) < 4.78 is 33.2. The van der Waals surface area contributed by atoms with E-state index in [0.717, 1.165) is 0 Å². The van der Waals surface area contributed by atoms with Crippen molar-refractivity contribution in [1.29, 1.82) is 0 Å². The molecule has 0 amide bonds. The molecule has 21 heavy (non-hydrogen) atoms. The highest BCUT2D eigenvalue weighted by molar-refractivity contribution is 9.10. The highest BCUT2D eigenvalue weighted by Crippen LogP contribution is 2.30. The second-order valence-electron chi connectivity index (χ2n) is 4.83. The Bertz CT molecular complexity index is 619. The summed E-state index contributed by atoms with van der Waals surface area (Å²) >= 11 is 3.03. The van der Waals surface area contributed by atoms with Crippen molar-refractivity contribution >= 4 is 15.9 Å². The number of ether oxygens (including phenoxy) is 1. The number of methoxy groups -OCH3 is 1. The molecule has 1 unspecified atom stereocenters. The summed E-state index contributed by atoms with van der Waals surface area (Å²) in [6, 6.07) is 11.2. The van der Waals surface area contributed by atoms with E-state index in [1.54, 1.807) is 30.3 Å². The molecule has 0 bridgehead atoms. The van der Waals surface area contributed by atoms with E-state index in [1.165, 1.54) is 19.2 Å². The van der Waals surface area contributed by atoms with Crippen LogP contribution in [0, 0.1) is 11.6 Å². The average molecular weight is 357 g/mol. The molecule has 0 aliphatic heterocycles. The highest BCUT2D eigenvalue weighted by atomic mass is 79.9. The Kier molecular flexibility index (Phi) is 5.08. The van der Waals surface area contributed by atoms with Gasteiger partial charge in [0.15, 0.2) is 0 Å². The lowest BCUT2D eigenvalue weighted by Gasteiger charge is -2.28. The summed E-state index contributed by atoms with van der Waals surface area (Å²) in [7, 11) is 1.43. The van der Waals surface area contributed by atoms with Crippen molar-refractivity contribution in [2.45, 2.75) is 12.0 Å². The zero-order valence-corrected chi connectivity index (χ0v) is 13.0. The summed E-state index contributed by atoms with van der Waals surface area (Å²) in [6.45, 7) is -0.0671. The van der Waals surface area contributed by atoms with Crippen LogP contribution in [0.25, 0.3) is 0 Å². The molecule has 0 radical (unpaired) electrons. The van der Waals surface area contributed by atoms with E-state index < -0.39 is 17.2 Å². The van der Waals surface area contributed by atoms with Crippen molar-refractivity contribution < 1.29 is 18.6 Å². The van der Waals surface area contributed by atoms with Crippen LogP contribution in [0.3, 0.4) is 0 Å². The molecule has 2 aromatic carbocycles. The smallest absolute Gasteiger partial charge is 0.143 e. The maximum Gasteiger partial charge on any atom is 0.143 e. The van der Waals surface area contributed by atoms with Crippen molar-refractivity contribution in [3.8, 4) is 0 Å². The Morgan fingerprint density at radius 2 is 1.81 bits per heavy atom. The first-order valence-electron chi connectivity index (χ1n) is 6.37. The minimum Gasteiger partial charge on any atom is -0.382 e. The van der Waals surface area contributed by atoms with Crippen molar-refractivity contribution in [2.75, 3.05) is 13.7 Å². The van der Waals surface area contributed by atoms with Crippen molar-refractivity contribution in [2.24, 2.45) is 0 Å². The molecule has 0 saturated heterocycles. The van der Waals surface area contributed by atoms with Crippen LogP contribution in [0.1, 0.15) is 11.1 Å². The van der Waals surface area contributed by atoms with Crippen molar-refractivity contribution in [3.05, 3.63) is 69.7 Å². The third-order valence-electron chi connectivity index (χ3n) is 3.30. The van der Waals surface area contributed by atoms with Crippen molar-refractivity contribution in [1.82, 2.24) is 0 Å². The third kappa shape index (κ3) is 3.48. The van der Waals surface area contributed by atoms with Gasteiger partial charge in [0, 0.05) is 19.1 Å². The van der Waals surface area contributed by atoms with E-state index in [0.29, 0.717) is 5.56 Å².